The van der Waals surface area contributed by atoms with Crippen molar-refractivity contribution in [3.63, 3.8) is 0 Å². The molecule has 2 aromatic heterocycles. The molecule has 3 rings (SSSR count). The van der Waals surface area contributed by atoms with Crippen LogP contribution in [0.1, 0.15) is 22.8 Å². The maximum absolute atomic E-state index is 12.9. The van der Waals surface area contributed by atoms with E-state index in [1.807, 2.05) is 0 Å². The van der Waals surface area contributed by atoms with Crippen molar-refractivity contribution in [3.05, 3.63) is 28.8 Å². The molecule has 1 fully saturated rings. The number of anilines is 1. The zero-order valence-electron chi connectivity index (χ0n) is 14.2. The Labute approximate surface area is 147 Å². The van der Waals surface area contributed by atoms with Gasteiger partial charge in [-0.2, -0.15) is 13.2 Å². The molecule has 8 nitrogen and oxygen atoms in total. The van der Waals surface area contributed by atoms with E-state index in [4.69, 9.17) is 0 Å². The summed E-state index contributed by atoms with van der Waals surface area (Å²) in [5.41, 5.74) is 0.321. The van der Waals surface area contributed by atoms with Crippen molar-refractivity contribution in [2.45, 2.75) is 26.4 Å². The molecule has 0 bridgehead atoms. The average Bonchev–Trinajstić information content (AvgIpc) is 2.98. The maximum atomic E-state index is 12.9. The number of halogens is 3. The number of carbonyl (C=O) groups is 1. The Morgan fingerprint density at radius 1 is 1.15 bits per heavy atom. The molecule has 26 heavy (non-hydrogen) atoms. The second-order valence-electron chi connectivity index (χ2n) is 6.03. The van der Waals surface area contributed by atoms with Gasteiger partial charge in [-0.3, -0.25) is 4.79 Å². The molecule has 0 radical (unpaired) electrons. The molecule has 2 aromatic rings. The maximum Gasteiger partial charge on any atom is 0.433 e. The van der Waals surface area contributed by atoms with Crippen molar-refractivity contribution in [2.24, 2.45) is 0 Å². The topological polar surface area (TPSA) is 88.3 Å². The lowest BCUT2D eigenvalue weighted by Gasteiger charge is -2.35. The summed E-state index contributed by atoms with van der Waals surface area (Å²) in [5.74, 6) is -0.106. The third kappa shape index (κ3) is 3.92. The van der Waals surface area contributed by atoms with Gasteiger partial charge in [-0.1, -0.05) is 10.3 Å². The molecule has 0 saturated carbocycles. The highest BCUT2D eigenvalue weighted by atomic mass is 19.4. The smallest absolute Gasteiger partial charge is 0.339 e. The van der Waals surface area contributed by atoms with Crippen LogP contribution in [0.2, 0.25) is 0 Å². The molecular formula is C15H17F3N6O2. The molecule has 0 spiro atoms. The summed E-state index contributed by atoms with van der Waals surface area (Å²) in [4.78, 5) is 23.3. The highest BCUT2D eigenvalue weighted by Gasteiger charge is 2.34. The van der Waals surface area contributed by atoms with E-state index in [0.29, 0.717) is 37.6 Å². The third-order valence-electron chi connectivity index (χ3n) is 4.11. The first-order valence-corrected chi connectivity index (χ1v) is 7.97. The molecule has 3 heterocycles. The fourth-order valence-corrected chi connectivity index (χ4v) is 2.66. The van der Waals surface area contributed by atoms with Crippen LogP contribution in [-0.4, -0.2) is 57.3 Å². The number of aryl methyl sites for hydroxylation is 2. The Hall–Kier alpha value is -2.72. The van der Waals surface area contributed by atoms with Crippen molar-refractivity contribution in [1.29, 1.82) is 0 Å². The number of nitrogens with zero attached hydrogens (tertiary/aromatic N) is 6. The van der Waals surface area contributed by atoms with Crippen LogP contribution < -0.4 is 4.90 Å². The molecule has 1 amide bonds. The Balaban J connectivity index is 1.64. The number of rotatable bonds is 3. The molecule has 0 aliphatic carbocycles. The molecule has 140 valence electrons. The van der Waals surface area contributed by atoms with Crippen LogP contribution in [0.5, 0.6) is 0 Å². The van der Waals surface area contributed by atoms with Crippen LogP contribution >= 0.6 is 0 Å². The summed E-state index contributed by atoms with van der Waals surface area (Å²) in [5, 5.41) is 7.31. The van der Waals surface area contributed by atoms with Crippen molar-refractivity contribution < 1.29 is 22.6 Å². The molecular weight excluding hydrogens is 353 g/mol. The van der Waals surface area contributed by atoms with Gasteiger partial charge in [0.15, 0.2) is 0 Å². The molecule has 0 atom stereocenters. The third-order valence-corrected chi connectivity index (χ3v) is 4.11. The van der Waals surface area contributed by atoms with Crippen LogP contribution in [0, 0.1) is 13.8 Å². The first kappa shape index (κ1) is 18.1. The second kappa shape index (κ2) is 6.89. The van der Waals surface area contributed by atoms with Gasteiger partial charge in [0.05, 0.1) is 6.42 Å². The van der Waals surface area contributed by atoms with E-state index in [1.165, 1.54) is 6.92 Å². The van der Waals surface area contributed by atoms with E-state index < -0.39 is 11.9 Å². The normalized spacial score (nSPS) is 15.4. The van der Waals surface area contributed by atoms with E-state index in [2.05, 4.69) is 24.9 Å². The van der Waals surface area contributed by atoms with Gasteiger partial charge in [-0.15, -0.1) is 0 Å². The summed E-state index contributed by atoms with van der Waals surface area (Å²) in [6.45, 7) is 4.62. The summed E-state index contributed by atoms with van der Waals surface area (Å²) in [7, 11) is 0. The highest BCUT2D eigenvalue weighted by Crippen LogP contribution is 2.29. The minimum absolute atomic E-state index is 0.0287. The highest BCUT2D eigenvalue weighted by molar-refractivity contribution is 5.78. The second-order valence-corrected chi connectivity index (χ2v) is 6.03. The standard InChI is InChI=1S/C15H17F3N6O2/c1-9-7-12(15(16,17)18)20-14(19-9)24-5-3-23(4-6-24)13(25)8-11-10(2)21-26-22-11/h7H,3-6,8H2,1-2H3. The van der Waals surface area contributed by atoms with Gasteiger partial charge >= 0.3 is 6.18 Å². The van der Waals surface area contributed by atoms with Crippen LogP contribution in [0.15, 0.2) is 10.7 Å². The van der Waals surface area contributed by atoms with Crippen LogP contribution in [0.3, 0.4) is 0 Å². The van der Waals surface area contributed by atoms with Gasteiger partial charge < -0.3 is 9.80 Å². The number of hydrogen-bond donors (Lipinski definition) is 0. The number of piperazine rings is 1. The molecule has 1 saturated heterocycles. The molecule has 11 heteroatoms. The van der Waals surface area contributed by atoms with Crippen molar-refractivity contribution in [2.75, 3.05) is 31.1 Å². The Bertz CT molecular complexity index is 799. The number of alkyl halides is 3. The quantitative estimate of drug-likeness (QED) is 0.807. The fraction of sp³-hybridized carbons (Fsp3) is 0.533. The zero-order chi connectivity index (χ0) is 18.9. The minimum atomic E-state index is -4.52. The summed E-state index contributed by atoms with van der Waals surface area (Å²) >= 11 is 0. The molecule has 0 aromatic carbocycles. The molecule has 1 aliphatic rings. The van der Waals surface area contributed by atoms with Crippen LogP contribution in [-0.2, 0) is 17.4 Å². The number of amides is 1. The predicted molar refractivity (Wildman–Crippen MR) is 83.3 cm³/mol. The molecule has 0 N–H and O–H groups in total. The number of carbonyl (C=O) groups excluding carboxylic acids is 1. The van der Waals surface area contributed by atoms with Gasteiger partial charge in [0.1, 0.15) is 17.1 Å². The van der Waals surface area contributed by atoms with E-state index in [9.17, 15) is 18.0 Å². The van der Waals surface area contributed by atoms with Gasteiger partial charge in [0, 0.05) is 31.9 Å². The van der Waals surface area contributed by atoms with Crippen LogP contribution in [0.4, 0.5) is 19.1 Å². The van der Waals surface area contributed by atoms with E-state index in [1.54, 1.807) is 16.7 Å². The first-order chi connectivity index (χ1) is 12.2. The van der Waals surface area contributed by atoms with E-state index in [0.717, 1.165) is 6.07 Å². The lowest BCUT2D eigenvalue weighted by Crippen LogP contribution is -2.49. The first-order valence-electron chi connectivity index (χ1n) is 7.97. The fourth-order valence-electron chi connectivity index (χ4n) is 2.66. The summed E-state index contributed by atoms with van der Waals surface area (Å²) in [6, 6.07) is 0.914. The SMILES string of the molecule is Cc1cc(C(F)(F)F)nc(N2CCN(C(=O)Cc3nonc3C)CC2)n1. The Kier molecular flexibility index (Phi) is 4.79. The molecule has 0 unspecified atom stereocenters. The van der Waals surface area contributed by atoms with Gasteiger partial charge in [0.2, 0.25) is 11.9 Å². The van der Waals surface area contributed by atoms with Crippen molar-refractivity contribution >= 4 is 11.9 Å². The van der Waals surface area contributed by atoms with E-state index >= 15 is 0 Å². The van der Waals surface area contributed by atoms with Gasteiger partial charge in [0.25, 0.3) is 0 Å². The Morgan fingerprint density at radius 3 is 2.42 bits per heavy atom. The summed E-state index contributed by atoms with van der Waals surface area (Å²) < 4.78 is 43.3. The summed E-state index contributed by atoms with van der Waals surface area (Å²) in [6.07, 6.45) is -4.45. The zero-order valence-corrected chi connectivity index (χ0v) is 14.2. The lowest BCUT2D eigenvalue weighted by molar-refractivity contribution is -0.141. The van der Waals surface area contributed by atoms with Crippen LogP contribution in [0.25, 0.3) is 0 Å². The predicted octanol–water partition coefficient (Wildman–Crippen LogP) is 1.39. The monoisotopic (exact) mass is 370 g/mol. The number of aromatic nitrogens is 4. The van der Waals surface area contributed by atoms with Crippen molar-refractivity contribution in [3.8, 4) is 0 Å². The Morgan fingerprint density at radius 2 is 1.85 bits per heavy atom. The average molecular weight is 370 g/mol. The largest absolute Gasteiger partial charge is 0.433 e. The number of hydrogen-bond acceptors (Lipinski definition) is 7. The molecule has 1 aliphatic heterocycles. The minimum Gasteiger partial charge on any atom is -0.339 e. The van der Waals surface area contributed by atoms with Crippen molar-refractivity contribution in [1.82, 2.24) is 25.2 Å². The van der Waals surface area contributed by atoms with Gasteiger partial charge in [-0.25, -0.2) is 14.6 Å². The van der Waals surface area contributed by atoms with E-state index in [-0.39, 0.29) is 24.0 Å². The van der Waals surface area contributed by atoms with Gasteiger partial charge in [-0.05, 0) is 19.9 Å². The lowest BCUT2D eigenvalue weighted by atomic mass is 10.2.